The molecule has 3 aliphatic heterocycles. The number of piperazine rings is 1. The smallest absolute Gasteiger partial charge is 0.411 e. The van der Waals surface area contributed by atoms with Crippen LogP contribution in [0.3, 0.4) is 0 Å². The molecule has 4 aliphatic rings. The van der Waals surface area contributed by atoms with Crippen molar-refractivity contribution in [1.29, 1.82) is 0 Å². The number of amides is 2. The molecule has 1 aromatic rings. The Hall–Kier alpha value is -2.38. The zero-order chi connectivity index (χ0) is 18.1. The summed E-state index contributed by atoms with van der Waals surface area (Å²) in [5, 5.41) is 0. The van der Waals surface area contributed by atoms with Crippen LogP contribution in [-0.2, 0) is 9.53 Å². The Morgan fingerprint density at radius 3 is 2.81 bits per heavy atom. The molecule has 1 saturated carbocycles. The van der Waals surface area contributed by atoms with E-state index < -0.39 is 5.60 Å². The third-order valence-corrected chi connectivity index (χ3v) is 6.25. The van der Waals surface area contributed by atoms with Crippen LogP contribution in [-0.4, -0.2) is 76.1 Å². The molecule has 8 nitrogen and oxygen atoms in total. The van der Waals surface area contributed by atoms with E-state index in [4.69, 9.17) is 4.74 Å². The number of ether oxygens (including phenoxy) is 1. The molecule has 8 heteroatoms. The maximum Gasteiger partial charge on any atom is 0.411 e. The summed E-state index contributed by atoms with van der Waals surface area (Å²) in [5.41, 5.74) is -0.538. The molecule has 3 atom stereocenters. The predicted molar refractivity (Wildman–Crippen MR) is 92.5 cm³/mol. The maximum atomic E-state index is 12.6. The third kappa shape index (κ3) is 2.27. The lowest BCUT2D eigenvalue weighted by atomic mass is 9.84. The molecule has 3 unspecified atom stereocenters. The summed E-state index contributed by atoms with van der Waals surface area (Å²) in [6.45, 7) is 6.94. The minimum atomic E-state index is -0.538. The molecule has 1 spiro atoms. The van der Waals surface area contributed by atoms with E-state index in [-0.39, 0.29) is 24.0 Å². The number of aryl methyl sites for hydroxylation is 1. The number of rotatable bonds is 2. The highest BCUT2D eigenvalue weighted by Crippen LogP contribution is 2.43. The summed E-state index contributed by atoms with van der Waals surface area (Å²) < 4.78 is 5.80. The lowest BCUT2D eigenvalue weighted by molar-refractivity contribution is -0.136. The quantitative estimate of drug-likeness (QED) is 0.774. The normalized spacial score (nSPS) is 31.5. The largest absolute Gasteiger partial charge is 0.437 e. The van der Waals surface area contributed by atoms with Gasteiger partial charge < -0.3 is 14.5 Å². The molecule has 1 aliphatic carbocycles. The van der Waals surface area contributed by atoms with E-state index in [0.29, 0.717) is 38.6 Å². The second-order valence-electron chi connectivity index (χ2n) is 8.06. The van der Waals surface area contributed by atoms with Crippen LogP contribution in [0.5, 0.6) is 0 Å². The summed E-state index contributed by atoms with van der Waals surface area (Å²) in [6, 6.07) is 1.81. The van der Waals surface area contributed by atoms with Crippen molar-refractivity contribution in [2.75, 3.05) is 37.6 Å². The average molecular weight is 357 g/mol. The van der Waals surface area contributed by atoms with Gasteiger partial charge >= 0.3 is 6.09 Å². The molecule has 138 valence electrons. The van der Waals surface area contributed by atoms with Gasteiger partial charge in [0.05, 0.1) is 19.1 Å². The van der Waals surface area contributed by atoms with Gasteiger partial charge in [-0.3, -0.25) is 9.69 Å². The number of hydrogen-bond acceptors (Lipinski definition) is 6. The fourth-order valence-corrected chi connectivity index (χ4v) is 4.51. The van der Waals surface area contributed by atoms with Gasteiger partial charge in [0.15, 0.2) is 5.60 Å². The van der Waals surface area contributed by atoms with Gasteiger partial charge in [-0.1, -0.05) is 6.92 Å². The molecule has 1 aromatic heterocycles. The van der Waals surface area contributed by atoms with Gasteiger partial charge in [0.25, 0.3) is 0 Å². The van der Waals surface area contributed by atoms with Gasteiger partial charge in [-0.25, -0.2) is 14.8 Å². The minimum Gasteiger partial charge on any atom is -0.437 e. The lowest BCUT2D eigenvalue weighted by Gasteiger charge is -2.51. The SMILES string of the molecule is Cc1nccc(N2CC3(C2)OC(=O)N2CCN(C(=O)C4CC4C)CC23)n1. The van der Waals surface area contributed by atoms with Gasteiger partial charge in [-0.05, 0) is 25.3 Å². The fourth-order valence-electron chi connectivity index (χ4n) is 4.51. The van der Waals surface area contributed by atoms with Crippen LogP contribution in [0.15, 0.2) is 12.3 Å². The monoisotopic (exact) mass is 357 g/mol. The molecule has 5 rings (SSSR count). The summed E-state index contributed by atoms with van der Waals surface area (Å²) in [6.07, 6.45) is 2.49. The molecule has 26 heavy (non-hydrogen) atoms. The summed E-state index contributed by atoms with van der Waals surface area (Å²) in [4.78, 5) is 39.4. The first kappa shape index (κ1) is 15.8. The summed E-state index contributed by atoms with van der Waals surface area (Å²) in [5.74, 6) is 2.50. The molecule has 2 amide bonds. The number of hydrogen-bond donors (Lipinski definition) is 0. The Balaban J connectivity index is 1.32. The first-order valence-corrected chi connectivity index (χ1v) is 9.30. The van der Waals surface area contributed by atoms with Crippen LogP contribution in [0.4, 0.5) is 10.6 Å². The molecular formula is C18H23N5O3. The number of aromatic nitrogens is 2. The van der Waals surface area contributed by atoms with E-state index in [1.54, 1.807) is 6.20 Å². The Kier molecular flexibility index (Phi) is 3.24. The van der Waals surface area contributed by atoms with E-state index in [2.05, 4.69) is 21.8 Å². The van der Waals surface area contributed by atoms with Crippen molar-refractivity contribution < 1.29 is 14.3 Å². The van der Waals surface area contributed by atoms with Crippen molar-refractivity contribution in [1.82, 2.24) is 19.8 Å². The van der Waals surface area contributed by atoms with E-state index in [9.17, 15) is 9.59 Å². The van der Waals surface area contributed by atoms with Crippen LogP contribution in [0.1, 0.15) is 19.2 Å². The van der Waals surface area contributed by atoms with Gasteiger partial charge in [0.1, 0.15) is 11.6 Å². The van der Waals surface area contributed by atoms with Crippen LogP contribution >= 0.6 is 0 Å². The molecule has 0 N–H and O–H groups in total. The highest BCUT2D eigenvalue weighted by atomic mass is 16.6. The molecular weight excluding hydrogens is 334 g/mol. The summed E-state index contributed by atoms with van der Waals surface area (Å²) >= 11 is 0. The fraction of sp³-hybridized carbons (Fsp3) is 0.667. The van der Waals surface area contributed by atoms with Crippen molar-refractivity contribution >= 4 is 17.8 Å². The number of carbonyl (C=O) groups is 2. The molecule has 0 bridgehead atoms. The first-order valence-electron chi connectivity index (χ1n) is 9.30. The zero-order valence-corrected chi connectivity index (χ0v) is 15.1. The first-order chi connectivity index (χ1) is 12.5. The highest BCUT2D eigenvalue weighted by molar-refractivity contribution is 5.82. The second-order valence-corrected chi connectivity index (χ2v) is 8.06. The van der Waals surface area contributed by atoms with E-state index >= 15 is 0 Å². The van der Waals surface area contributed by atoms with Crippen molar-refractivity contribution in [2.24, 2.45) is 11.8 Å². The van der Waals surface area contributed by atoms with Crippen LogP contribution < -0.4 is 4.90 Å². The molecule has 0 radical (unpaired) electrons. The van der Waals surface area contributed by atoms with Gasteiger partial charge in [-0.2, -0.15) is 0 Å². The molecule has 0 aromatic carbocycles. The van der Waals surface area contributed by atoms with Crippen LogP contribution in [0.2, 0.25) is 0 Å². The number of fused-ring (bicyclic) bond motifs is 2. The molecule has 3 saturated heterocycles. The second kappa shape index (κ2) is 5.31. The Labute approximate surface area is 152 Å². The van der Waals surface area contributed by atoms with Crippen LogP contribution in [0.25, 0.3) is 0 Å². The van der Waals surface area contributed by atoms with Gasteiger partial charge in [0.2, 0.25) is 5.91 Å². The van der Waals surface area contributed by atoms with Crippen molar-refractivity contribution in [2.45, 2.75) is 31.9 Å². The van der Waals surface area contributed by atoms with Crippen molar-refractivity contribution in [3.05, 3.63) is 18.1 Å². The topological polar surface area (TPSA) is 78.9 Å². The predicted octanol–water partition coefficient (Wildman–Crippen LogP) is 0.663. The maximum absolute atomic E-state index is 12.6. The number of carbonyl (C=O) groups excluding carboxylic acids is 2. The Morgan fingerprint density at radius 2 is 2.12 bits per heavy atom. The average Bonchev–Trinajstić information content (AvgIpc) is 3.25. The van der Waals surface area contributed by atoms with E-state index in [1.165, 1.54) is 0 Å². The molecule has 4 heterocycles. The van der Waals surface area contributed by atoms with Gasteiger partial charge in [0, 0.05) is 31.7 Å². The van der Waals surface area contributed by atoms with Crippen LogP contribution in [0, 0.1) is 18.8 Å². The van der Waals surface area contributed by atoms with E-state index in [1.807, 2.05) is 22.8 Å². The van der Waals surface area contributed by atoms with Gasteiger partial charge in [-0.15, -0.1) is 0 Å². The van der Waals surface area contributed by atoms with E-state index in [0.717, 1.165) is 18.1 Å². The number of nitrogens with zero attached hydrogens (tertiary/aromatic N) is 5. The zero-order valence-electron chi connectivity index (χ0n) is 15.1. The number of anilines is 1. The lowest BCUT2D eigenvalue weighted by Crippen LogP contribution is -2.71. The Bertz CT molecular complexity index is 778. The van der Waals surface area contributed by atoms with Crippen molar-refractivity contribution in [3.63, 3.8) is 0 Å². The summed E-state index contributed by atoms with van der Waals surface area (Å²) in [7, 11) is 0. The van der Waals surface area contributed by atoms with Crippen molar-refractivity contribution in [3.8, 4) is 0 Å². The highest BCUT2D eigenvalue weighted by Gasteiger charge is 2.62. The standard InChI is InChI=1S/C18H23N5O3/c1-11-7-13(11)16(24)21-5-6-23-14(8-21)18(26-17(23)25)9-22(10-18)15-3-4-19-12(2)20-15/h3-4,11,13-14H,5-10H2,1-2H3. The molecule has 4 fully saturated rings. The third-order valence-electron chi connectivity index (χ3n) is 6.25. The Morgan fingerprint density at radius 1 is 1.35 bits per heavy atom. The minimum absolute atomic E-state index is 0.0686.